The van der Waals surface area contributed by atoms with Gasteiger partial charge in [-0.15, -0.1) is 0 Å². The fourth-order valence-electron chi connectivity index (χ4n) is 2.78. The van der Waals surface area contributed by atoms with Crippen LogP contribution < -0.4 is 5.73 Å². The van der Waals surface area contributed by atoms with Crippen molar-refractivity contribution >= 4 is 5.91 Å². The Hall–Kier alpha value is -1.39. The summed E-state index contributed by atoms with van der Waals surface area (Å²) in [5.41, 5.74) is 7.51. The summed E-state index contributed by atoms with van der Waals surface area (Å²) in [4.78, 5) is 16.9. The molecule has 4 nitrogen and oxygen atoms in total. The molecule has 1 fully saturated rings. The van der Waals surface area contributed by atoms with Crippen LogP contribution in [0.4, 0.5) is 0 Å². The van der Waals surface area contributed by atoms with E-state index in [0.717, 1.165) is 43.6 Å². The summed E-state index contributed by atoms with van der Waals surface area (Å²) in [6, 6.07) is 8.34. The summed E-state index contributed by atoms with van der Waals surface area (Å²) in [6.07, 6.45) is 1.90. The van der Waals surface area contributed by atoms with Gasteiger partial charge in [0, 0.05) is 31.2 Å². The highest BCUT2D eigenvalue weighted by Crippen LogP contribution is 2.15. The van der Waals surface area contributed by atoms with E-state index in [1.807, 2.05) is 29.2 Å². The third-order valence-electron chi connectivity index (χ3n) is 4.14. The molecule has 0 radical (unpaired) electrons. The van der Waals surface area contributed by atoms with Crippen molar-refractivity contribution in [3.05, 3.63) is 35.4 Å². The number of nitrogens with zero attached hydrogens (tertiary/aromatic N) is 2. The fourth-order valence-corrected chi connectivity index (χ4v) is 2.78. The number of amides is 1. The first-order valence-electron chi connectivity index (χ1n) is 7.44. The van der Waals surface area contributed by atoms with E-state index in [1.54, 1.807) is 0 Å². The first-order valence-corrected chi connectivity index (χ1v) is 7.44. The highest BCUT2D eigenvalue weighted by molar-refractivity contribution is 5.94. The van der Waals surface area contributed by atoms with Gasteiger partial charge in [0.2, 0.25) is 0 Å². The Kier molecular flexibility index (Phi) is 5.15. The Morgan fingerprint density at radius 1 is 1.40 bits per heavy atom. The second-order valence-corrected chi connectivity index (χ2v) is 5.53. The summed E-state index contributed by atoms with van der Waals surface area (Å²) in [7, 11) is 2.14. The molecule has 0 saturated carbocycles. The van der Waals surface area contributed by atoms with Gasteiger partial charge in [-0.2, -0.15) is 0 Å². The molecule has 1 aliphatic rings. The Labute approximate surface area is 121 Å². The predicted molar refractivity (Wildman–Crippen MR) is 81.8 cm³/mol. The van der Waals surface area contributed by atoms with Crippen molar-refractivity contribution in [2.45, 2.75) is 25.8 Å². The zero-order valence-electron chi connectivity index (χ0n) is 12.5. The van der Waals surface area contributed by atoms with Crippen LogP contribution in [0, 0.1) is 0 Å². The summed E-state index contributed by atoms with van der Waals surface area (Å²) in [6.45, 7) is 5.38. The number of carbonyl (C=O) groups excluding carboxylic acids is 1. The second-order valence-electron chi connectivity index (χ2n) is 5.53. The maximum absolute atomic E-state index is 12.6. The third kappa shape index (κ3) is 3.38. The number of piperazine rings is 1. The van der Waals surface area contributed by atoms with Crippen LogP contribution in [0.5, 0.6) is 0 Å². The van der Waals surface area contributed by atoms with Gasteiger partial charge in [0.15, 0.2) is 0 Å². The van der Waals surface area contributed by atoms with Crippen molar-refractivity contribution in [3.8, 4) is 0 Å². The van der Waals surface area contributed by atoms with Crippen LogP contribution in [0.3, 0.4) is 0 Å². The summed E-state index contributed by atoms with van der Waals surface area (Å²) in [5.74, 6) is 0.149. The van der Waals surface area contributed by atoms with E-state index < -0.39 is 0 Å². The molecule has 1 atom stereocenters. The van der Waals surface area contributed by atoms with Gasteiger partial charge >= 0.3 is 0 Å². The molecule has 1 amide bonds. The molecule has 1 saturated heterocycles. The standard InChI is InChI=1S/C16H25N3O/c1-3-15-12-19(10-9-18(15)2)16(20)14-6-4-5-13(11-14)7-8-17/h4-6,11,15H,3,7-10,12,17H2,1-2H3. The van der Waals surface area contributed by atoms with Crippen molar-refractivity contribution in [2.75, 3.05) is 33.2 Å². The van der Waals surface area contributed by atoms with Gasteiger partial charge in [-0.25, -0.2) is 0 Å². The number of benzene rings is 1. The van der Waals surface area contributed by atoms with Crippen LogP contribution in [0.1, 0.15) is 29.3 Å². The summed E-state index contributed by atoms with van der Waals surface area (Å²) >= 11 is 0. The minimum Gasteiger partial charge on any atom is -0.336 e. The summed E-state index contributed by atoms with van der Waals surface area (Å²) in [5, 5.41) is 0. The summed E-state index contributed by atoms with van der Waals surface area (Å²) < 4.78 is 0. The Morgan fingerprint density at radius 3 is 2.90 bits per heavy atom. The van der Waals surface area contributed by atoms with Crippen LogP contribution in [0.2, 0.25) is 0 Å². The minimum atomic E-state index is 0.149. The lowest BCUT2D eigenvalue weighted by atomic mass is 10.1. The molecular formula is C16H25N3O. The van der Waals surface area contributed by atoms with Gasteiger partial charge in [-0.05, 0) is 44.1 Å². The van der Waals surface area contributed by atoms with Gasteiger partial charge in [-0.3, -0.25) is 9.69 Å². The number of nitrogens with two attached hydrogens (primary N) is 1. The van der Waals surface area contributed by atoms with Crippen LogP contribution in [0.15, 0.2) is 24.3 Å². The first kappa shape index (κ1) is 15.0. The van der Waals surface area contributed by atoms with E-state index in [2.05, 4.69) is 18.9 Å². The molecule has 20 heavy (non-hydrogen) atoms. The van der Waals surface area contributed by atoms with E-state index in [1.165, 1.54) is 0 Å². The normalized spacial score (nSPS) is 20.1. The number of likely N-dealkylation sites (N-methyl/N-ethyl adjacent to an activating group) is 1. The molecule has 0 spiro atoms. The highest BCUT2D eigenvalue weighted by atomic mass is 16.2. The smallest absolute Gasteiger partial charge is 0.253 e. The molecule has 1 aromatic rings. The van der Waals surface area contributed by atoms with Crippen molar-refractivity contribution in [3.63, 3.8) is 0 Å². The highest BCUT2D eigenvalue weighted by Gasteiger charge is 2.26. The number of rotatable bonds is 4. The molecule has 4 heteroatoms. The number of hydrogen-bond acceptors (Lipinski definition) is 3. The molecule has 1 aliphatic heterocycles. The number of carbonyl (C=O) groups is 1. The minimum absolute atomic E-state index is 0.149. The molecule has 2 N–H and O–H groups in total. The van der Waals surface area contributed by atoms with Crippen LogP contribution in [0.25, 0.3) is 0 Å². The Morgan fingerprint density at radius 2 is 2.20 bits per heavy atom. The SMILES string of the molecule is CCC1CN(C(=O)c2cccc(CCN)c2)CCN1C. The lowest BCUT2D eigenvalue weighted by Gasteiger charge is -2.39. The molecule has 1 unspecified atom stereocenters. The van der Waals surface area contributed by atoms with Gasteiger partial charge in [0.25, 0.3) is 5.91 Å². The molecule has 1 heterocycles. The van der Waals surface area contributed by atoms with E-state index >= 15 is 0 Å². The average Bonchev–Trinajstić information content (AvgIpc) is 2.48. The molecular weight excluding hydrogens is 250 g/mol. The van der Waals surface area contributed by atoms with Crippen molar-refractivity contribution < 1.29 is 4.79 Å². The monoisotopic (exact) mass is 275 g/mol. The largest absolute Gasteiger partial charge is 0.336 e. The van der Waals surface area contributed by atoms with Gasteiger partial charge in [-0.1, -0.05) is 19.1 Å². The van der Waals surface area contributed by atoms with Crippen molar-refractivity contribution in [1.29, 1.82) is 0 Å². The van der Waals surface area contributed by atoms with E-state index in [0.29, 0.717) is 12.6 Å². The van der Waals surface area contributed by atoms with Crippen molar-refractivity contribution in [2.24, 2.45) is 5.73 Å². The molecule has 1 aromatic carbocycles. The first-order chi connectivity index (χ1) is 9.65. The fraction of sp³-hybridized carbons (Fsp3) is 0.562. The molecule has 0 aromatic heterocycles. The van der Waals surface area contributed by atoms with Gasteiger partial charge in [0.1, 0.15) is 0 Å². The lowest BCUT2D eigenvalue weighted by molar-refractivity contribution is 0.0542. The maximum atomic E-state index is 12.6. The molecule has 0 aliphatic carbocycles. The third-order valence-corrected chi connectivity index (χ3v) is 4.14. The Bertz CT molecular complexity index is 461. The maximum Gasteiger partial charge on any atom is 0.253 e. The quantitative estimate of drug-likeness (QED) is 0.902. The number of hydrogen-bond donors (Lipinski definition) is 1. The van der Waals surface area contributed by atoms with E-state index in [-0.39, 0.29) is 5.91 Å². The van der Waals surface area contributed by atoms with Gasteiger partial charge < -0.3 is 10.6 Å². The predicted octanol–water partition coefficient (Wildman–Crippen LogP) is 1.35. The van der Waals surface area contributed by atoms with Crippen LogP contribution in [-0.4, -0.2) is 55.0 Å². The van der Waals surface area contributed by atoms with Crippen molar-refractivity contribution in [1.82, 2.24) is 9.80 Å². The molecule has 2 rings (SSSR count). The van der Waals surface area contributed by atoms with E-state index in [4.69, 9.17) is 5.73 Å². The zero-order valence-corrected chi connectivity index (χ0v) is 12.5. The molecule has 0 bridgehead atoms. The van der Waals surface area contributed by atoms with Gasteiger partial charge in [0.05, 0.1) is 0 Å². The zero-order chi connectivity index (χ0) is 14.5. The average molecular weight is 275 g/mol. The van der Waals surface area contributed by atoms with Crippen LogP contribution in [-0.2, 0) is 6.42 Å². The Balaban J connectivity index is 2.09. The second kappa shape index (κ2) is 6.86. The van der Waals surface area contributed by atoms with E-state index in [9.17, 15) is 4.79 Å². The van der Waals surface area contributed by atoms with Crippen LogP contribution >= 0.6 is 0 Å². The topological polar surface area (TPSA) is 49.6 Å². The lowest BCUT2D eigenvalue weighted by Crippen LogP contribution is -2.52. The molecule has 110 valence electrons.